The first-order valence-electron chi connectivity index (χ1n) is 8.76. The normalized spacial score (nSPS) is 17.7. The van der Waals surface area contributed by atoms with Crippen LogP contribution in [0.5, 0.6) is 0 Å². The van der Waals surface area contributed by atoms with Crippen molar-refractivity contribution in [2.24, 2.45) is 0 Å². The van der Waals surface area contributed by atoms with Gasteiger partial charge in [-0.25, -0.2) is 4.39 Å². The van der Waals surface area contributed by atoms with E-state index in [-0.39, 0.29) is 24.9 Å². The minimum absolute atomic E-state index is 0.0359. The highest BCUT2D eigenvalue weighted by Crippen LogP contribution is 2.21. The first kappa shape index (κ1) is 17.6. The molecule has 5 nitrogen and oxygen atoms in total. The molecule has 1 aliphatic rings. The first-order chi connectivity index (χ1) is 12.2. The van der Waals surface area contributed by atoms with Gasteiger partial charge < -0.3 is 14.2 Å². The molecule has 1 aromatic heterocycles. The molecule has 1 amide bonds. The summed E-state index contributed by atoms with van der Waals surface area (Å²) in [6, 6.07) is 8.08. The van der Waals surface area contributed by atoms with Crippen LogP contribution in [0.4, 0.5) is 4.39 Å². The van der Waals surface area contributed by atoms with Crippen molar-refractivity contribution in [3.05, 3.63) is 41.8 Å². The van der Waals surface area contributed by atoms with Gasteiger partial charge in [0, 0.05) is 24.2 Å². The number of likely N-dealkylation sites (tertiary alicyclic amines) is 1. The van der Waals surface area contributed by atoms with E-state index < -0.39 is 0 Å². The van der Waals surface area contributed by atoms with Crippen molar-refractivity contribution in [2.75, 3.05) is 13.2 Å². The van der Waals surface area contributed by atoms with Crippen molar-refractivity contribution in [3.8, 4) is 11.3 Å². The zero-order chi connectivity index (χ0) is 17.6. The lowest BCUT2D eigenvalue weighted by Crippen LogP contribution is -2.45. The van der Waals surface area contributed by atoms with E-state index in [0.29, 0.717) is 17.5 Å². The molecule has 2 heterocycles. The lowest BCUT2D eigenvalue weighted by atomic mass is 10.00. The maximum absolute atomic E-state index is 13.0. The summed E-state index contributed by atoms with van der Waals surface area (Å²) in [6.45, 7) is 3.19. The summed E-state index contributed by atoms with van der Waals surface area (Å²) in [5.74, 6) is 0.286. The molecule has 1 atom stereocenters. The van der Waals surface area contributed by atoms with Gasteiger partial charge in [-0.2, -0.15) is 0 Å². The zero-order valence-corrected chi connectivity index (χ0v) is 14.4. The molecule has 25 heavy (non-hydrogen) atoms. The van der Waals surface area contributed by atoms with E-state index >= 15 is 0 Å². The number of rotatable bonds is 6. The average molecular weight is 346 g/mol. The van der Waals surface area contributed by atoms with E-state index in [1.165, 1.54) is 18.6 Å². The summed E-state index contributed by atoms with van der Waals surface area (Å²) < 4.78 is 23.7. The number of benzene rings is 1. The van der Waals surface area contributed by atoms with Crippen LogP contribution in [0, 0.1) is 5.82 Å². The predicted octanol–water partition coefficient (Wildman–Crippen LogP) is 3.79. The van der Waals surface area contributed by atoms with Crippen LogP contribution in [-0.4, -0.2) is 35.2 Å². The van der Waals surface area contributed by atoms with Crippen LogP contribution < -0.4 is 0 Å². The molecule has 0 radical (unpaired) electrons. The molecule has 0 unspecified atom stereocenters. The van der Waals surface area contributed by atoms with Gasteiger partial charge in [0.15, 0.2) is 5.76 Å². The van der Waals surface area contributed by atoms with Crippen LogP contribution in [0.1, 0.15) is 38.3 Å². The predicted molar refractivity (Wildman–Crippen MR) is 91.2 cm³/mol. The molecule has 0 N–H and O–H groups in total. The number of hydrogen-bond donors (Lipinski definition) is 0. The van der Waals surface area contributed by atoms with Gasteiger partial charge in [0.2, 0.25) is 5.91 Å². The van der Waals surface area contributed by atoms with Gasteiger partial charge >= 0.3 is 0 Å². The number of carbonyl (C=O) groups is 1. The van der Waals surface area contributed by atoms with E-state index in [0.717, 1.165) is 31.4 Å². The van der Waals surface area contributed by atoms with Crippen molar-refractivity contribution in [2.45, 2.75) is 45.3 Å². The first-order valence-corrected chi connectivity index (χ1v) is 8.76. The maximum atomic E-state index is 13.0. The Kier molecular flexibility index (Phi) is 5.81. The topological polar surface area (TPSA) is 55.6 Å². The van der Waals surface area contributed by atoms with E-state index in [9.17, 15) is 9.18 Å². The number of nitrogens with zero attached hydrogens (tertiary/aromatic N) is 2. The Morgan fingerprint density at radius 2 is 2.16 bits per heavy atom. The van der Waals surface area contributed by atoms with Gasteiger partial charge in [0.1, 0.15) is 18.1 Å². The molecule has 0 spiro atoms. The van der Waals surface area contributed by atoms with Crippen molar-refractivity contribution in [1.29, 1.82) is 0 Å². The van der Waals surface area contributed by atoms with E-state index in [4.69, 9.17) is 9.26 Å². The minimum atomic E-state index is -0.298. The second kappa shape index (κ2) is 8.25. The Bertz CT molecular complexity index is 699. The maximum Gasteiger partial charge on any atom is 0.248 e. The number of ether oxygens (including phenoxy) is 1. The van der Waals surface area contributed by atoms with Crippen molar-refractivity contribution >= 4 is 5.91 Å². The summed E-state index contributed by atoms with van der Waals surface area (Å²) in [5, 5.41) is 3.94. The van der Waals surface area contributed by atoms with E-state index in [1.54, 1.807) is 18.2 Å². The summed E-state index contributed by atoms with van der Waals surface area (Å²) in [4.78, 5) is 14.3. The average Bonchev–Trinajstić information content (AvgIpc) is 3.11. The van der Waals surface area contributed by atoms with Crippen LogP contribution in [0.15, 0.2) is 34.9 Å². The molecule has 134 valence electrons. The van der Waals surface area contributed by atoms with E-state index in [2.05, 4.69) is 12.1 Å². The quantitative estimate of drug-likeness (QED) is 0.798. The lowest BCUT2D eigenvalue weighted by molar-refractivity contribution is -0.140. The molecule has 3 rings (SSSR count). The highest BCUT2D eigenvalue weighted by Gasteiger charge is 2.25. The summed E-state index contributed by atoms with van der Waals surface area (Å²) in [6.07, 6.45) is 4.31. The Labute approximate surface area is 146 Å². The van der Waals surface area contributed by atoms with Gasteiger partial charge in [0.25, 0.3) is 0 Å². The molecular weight excluding hydrogens is 323 g/mol. The molecule has 6 heteroatoms. The number of halogens is 1. The number of piperidine rings is 1. The second-order valence-electron chi connectivity index (χ2n) is 6.33. The van der Waals surface area contributed by atoms with Gasteiger partial charge in [-0.3, -0.25) is 4.79 Å². The third-order valence-electron chi connectivity index (χ3n) is 4.58. The fourth-order valence-corrected chi connectivity index (χ4v) is 3.21. The Morgan fingerprint density at radius 3 is 2.92 bits per heavy atom. The van der Waals surface area contributed by atoms with Gasteiger partial charge in [-0.15, -0.1) is 0 Å². The largest absolute Gasteiger partial charge is 0.365 e. The molecule has 0 saturated carbocycles. The lowest BCUT2D eigenvalue weighted by Gasteiger charge is -2.35. The number of amides is 1. The SMILES string of the molecule is CC[C@@H]1CCCCN1C(=O)COCc1cc(-c2ccc(F)cc2)on1. The van der Waals surface area contributed by atoms with Crippen LogP contribution in [0.25, 0.3) is 11.3 Å². The smallest absolute Gasteiger partial charge is 0.248 e. The molecular formula is C19H23FN2O3. The minimum Gasteiger partial charge on any atom is -0.365 e. The van der Waals surface area contributed by atoms with Crippen LogP contribution in [0.3, 0.4) is 0 Å². The summed E-state index contributed by atoms with van der Waals surface area (Å²) in [5.41, 5.74) is 1.35. The van der Waals surface area contributed by atoms with Gasteiger partial charge in [0.05, 0.1) is 6.61 Å². The van der Waals surface area contributed by atoms with Gasteiger partial charge in [-0.05, 0) is 49.9 Å². The Hall–Kier alpha value is -2.21. The van der Waals surface area contributed by atoms with E-state index in [1.807, 2.05) is 4.90 Å². The molecule has 1 fully saturated rings. The summed E-state index contributed by atoms with van der Waals surface area (Å²) >= 11 is 0. The number of hydrogen-bond acceptors (Lipinski definition) is 4. The molecule has 2 aromatic rings. The van der Waals surface area contributed by atoms with Gasteiger partial charge in [-0.1, -0.05) is 12.1 Å². The van der Waals surface area contributed by atoms with Crippen LogP contribution >= 0.6 is 0 Å². The zero-order valence-electron chi connectivity index (χ0n) is 14.4. The molecule has 0 bridgehead atoms. The second-order valence-corrected chi connectivity index (χ2v) is 6.33. The van der Waals surface area contributed by atoms with Crippen LogP contribution in [0.2, 0.25) is 0 Å². The highest BCUT2D eigenvalue weighted by atomic mass is 19.1. The van der Waals surface area contributed by atoms with Crippen LogP contribution in [-0.2, 0) is 16.1 Å². The molecule has 1 aliphatic heterocycles. The van der Waals surface area contributed by atoms with Crippen molar-refractivity contribution < 1.29 is 18.4 Å². The highest BCUT2D eigenvalue weighted by molar-refractivity contribution is 5.77. The Balaban J connectivity index is 1.50. The molecule has 1 saturated heterocycles. The summed E-state index contributed by atoms with van der Waals surface area (Å²) in [7, 11) is 0. The monoisotopic (exact) mass is 346 g/mol. The Morgan fingerprint density at radius 1 is 1.36 bits per heavy atom. The standard InChI is InChI=1S/C19H23FN2O3/c1-2-17-5-3-4-10-22(17)19(23)13-24-12-16-11-18(25-21-16)14-6-8-15(20)9-7-14/h6-9,11,17H,2-5,10,12-13H2,1H3/t17-/m1/s1. The van der Waals surface area contributed by atoms with Crippen molar-refractivity contribution in [3.63, 3.8) is 0 Å². The third-order valence-corrected chi connectivity index (χ3v) is 4.58. The molecule has 1 aromatic carbocycles. The number of carbonyl (C=O) groups excluding carboxylic acids is 1. The third kappa shape index (κ3) is 4.45. The fraction of sp³-hybridized carbons (Fsp3) is 0.474. The van der Waals surface area contributed by atoms with Crippen molar-refractivity contribution in [1.82, 2.24) is 10.1 Å². The molecule has 0 aliphatic carbocycles. The fourth-order valence-electron chi connectivity index (χ4n) is 3.21. The number of aromatic nitrogens is 1.